The number of nitrogens with one attached hydrogen (secondary N) is 1. The predicted molar refractivity (Wildman–Crippen MR) is 77.8 cm³/mol. The summed E-state index contributed by atoms with van der Waals surface area (Å²) in [5, 5.41) is 12.0. The number of amides is 1. The van der Waals surface area contributed by atoms with Crippen LogP contribution in [-0.2, 0) is 16.1 Å². The van der Waals surface area contributed by atoms with Crippen molar-refractivity contribution < 1.29 is 9.53 Å². The van der Waals surface area contributed by atoms with Gasteiger partial charge in [-0.1, -0.05) is 11.8 Å². The lowest BCUT2D eigenvalue weighted by molar-refractivity contribution is -0.135. The van der Waals surface area contributed by atoms with Gasteiger partial charge in [-0.25, -0.2) is 0 Å². The van der Waals surface area contributed by atoms with Crippen molar-refractivity contribution in [2.75, 3.05) is 18.9 Å². The maximum absolute atomic E-state index is 11.9. The Kier molecular flexibility index (Phi) is 5.85. The van der Waals surface area contributed by atoms with E-state index in [2.05, 4.69) is 27.0 Å². The van der Waals surface area contributed by atoms with Gasteiger partial charge in [0.15, 0.2) is 5.16 Å². The van der Waals surface area contributed by atoms with Crippen LogP contribution in [-0.4, -0.2) is 45.7 Å². The summed E-state index contributed by atoms with van der Waals surface area (Å²) in [6.07, 6.45) is 2.72. The molecule has 2 rings (SSSR count). The first-order chi connectivity index (χ1) is 9.72. The first-order valence-electron chi connectivity index (χ1n) is 7.14. The molecule has 1 aromatic rings. The molecule has 1 fully saturated rings. The Morgan fingerprint density at radius 2 is 2.35 bits per heavy atom. The van der Waals surface area contributed by atoms with Crippen molar-refractivity contribution in [3.63, 3.8) is 0 Å². The molecule has 0 unspecified atom stereocenters. The van der Waals surface area contributed by atoms with E-state index in [9.17, 15) is 4.79 Å². The van der Waals surface area contributed by atoms with Crippen LogP contribution in [0, 0.1) is 6.92 Å². The van der Waals surface area contributed by atoms with Gasteiger partial charge in [0.25, 0.3) is 0 Å². The van der Waals surface area contributed by atoms with Gasteiger partial charge < -0.3 is 14.6 Å². The van der Waals surface area contributed by atoms with Crippen molar-refractivity contribution in [3.8, 4) is 0 Å². The Morgan fingerprint density at radius 3 is 3.05 bits per heavy atom. The summed E-state index contributed by atoms with van der Waals surface area (Å²) in [5.74, 6) is 1.73. The fraction of sp³-hybridized carbons (Fsp3) is 0.769. The number of aromatic nitrogens is 3. The molecule has 7 heteroatoms. The lowest BCUT2D eigenvalue weighted by Crippen LogP contribution is -2.39. The highest BCUT2D eigenvalue weighted by Gasteiger charge is 2.21. The molecule has 1 N–H and O–H groups in total. The number of hydrogen-bond acceptors (Lipinski definition) is 5. The van der Waals surface area contributed by atoms with Gasteiger partial charge in [0.05, 0.1) is 0 Å². The molecule has 2 heterocycles. The summed E-state index contributed by atoms with van der Waals surface area (Å²) in [4.78, 5) is 11.9. The van der Waals surface area contributed by atoms with E-state index >= 15 is 0 Å². The molecule has 20 heavy (non-hydrogen) atoms. The van der Waals surface area contributed by atoms with Gasteiger partial charge >= 0.3 is 0 Å². The number of aryl methyl sites for hydroxylation is 1. The summed E-state index contributed by atoms with van der Waals surface area (Å²) in [6, 6.07) is 0. The summed E-state index contributed by atoms with van der Waals surface area (Å²) >= 11 is 1.61. The van der Waals surface area contributed by atoms with Gasteiger partial charge in [-0.15, -0.1) is 10.2 Å². The average Bonchev–Trinajstić information content (AvgIpc) is 2.84. The molecule has 0 saturated carbocycles. The number of thioether (sulfide) groups is 1. The smallest absolute Gasteiger partial charge is 0.249 e. The van der Waals surface area contributed by atoms with Gasteiger partial charge in [0.1, 0.15) is 11.9 Å². The van der Waals surface area contributed by atoms with E-state index in [-0.39, 0.29) is 12.0 Å². The largest absolute Gasteiger partial charge is 0.368 e. The van der Waals surface area contributed by atoms with E-state index in [1.165, 1.54) is 0 Å². The summed E-state index contributed by atoms with van der Waals surface area (Å²) in [6.45, 7) is 6.21. The number of ether oxygens (including phenoxy) is 1. The maximum Gasteiger partial charge on any atom is 0.249 e. The molecule has 1 saturated heterocycles. The number of carbonyl (C=O) groups excluding carboxylic acids is 1. The van der Waals surface area contributed by atoms with Crippen molar-refractivity contribution in [2.45, 2.75) is 50.9 Å². The van der Waals surface area contributed by atoms with Gasteiger partial charge in [0, 0.05) is 25.4 Å². The number of rotatable bonds is 6. The van der Waals surface area contributed by atoms with Crippen molar-refractivity contribution >= 4 is 17.7 Å². The van der Waals surface area contributed by atoms with Gasteiger partial charge in [0.2, 0.25) is 5.91 Å². The minimum Gasteiger partial charge on any atom is -0.368 e. The second kappa shape index (κ2) is 7.64. The maximum atomic E-state index is 11.9. The minimum absolute atomic E-state index is 0.0124. The number of nitrogens with zero attached hydrogens (tertiary/aromatic N) is 3. The monoisotopic (exact) mass is 298 g/mol. The summed E-state index contributed by atoms with van der Waals surface area (Å²) < 4.78 is 7.52. The van der Waals surface area contributed by atoms with E-state index in [0.29, 0.717) is 13.2 Å². The van der Waals surface area contributed by atoms with Crippen molar-refractivity contribution in [1.29, 1.82) is 0 Å². The van der Waals surface area contributed by atoms with E-state index in [4.69, 9.17) is 4.74 Å². The molecule has 1 aromatic heterocycles. The first kappa shape index (κ1) is 15.3. The lowest BCUT2D eigenvalue weighted by Gasteiger charge is -2.21. The van der Waals surface area contributed by atoms with Crippen LogP contribution in [0.15, 0.2) is 5.16 Å². The highest BCUT2D eigenvalue weighted by molar-refractivity contribution is 7.99. The number of carbonyl (C=O) groups is 1. The summed E-state index contributed by atoms with van der Waals surface area (Å²) in [7, 11) is 0. The molecule has 112 valence electrons. The molecule has 1 amide bonds. The molecular weight excluding hydrogens is 276 g/mol. The van der Waals surface area contributed by atoms with Crippen molar-refractivity contribution in [2.24, 2.45) is 0 Å². The third-order valence-electron chi connectivity index (χ3n) is 3.32. The average molecular weight is 298 g/mol. The quantitative estimate of drug-likeness (QED) is 0.635. The van der Waals surface area contributed by atoms with Crippen LogP contribution in [0.25, 0.3) is 0 Å². The van der Waals surface area contributed by atoms with Crippen LogP contribution in [0.3, 0.4) is 0 Å². The van der Waals surface area contributed by atoms with E-state index in [1.54, 1.807) is 11.8 Å². The molecule has 6 nitrogen and oxygen atoms in total. The highest BCUT2D eigenvalue weighted by Crippen LogP contribution is 2.16. The van der Waals surface area contributed by atoms with Crippen LogP contribution in [0.5, 0.6) is 0 Å². The Bertz CT molecular complexity index is 444. The summed E-state index contributed by atoms with van der Waals surface area (Å²) in [5.41, 5.74) is 0. The first-order valence-corrected chi connectivity index (χ1v) is 8.13. The molecular formula is C13H22N4O2S. The molecule has 0 spiro atoms. The Morgan fingerprint density at radius 1 is 1.50 bits per heavy atom. The molecule has 0 aromatic carbocycles. The second-order valence-electron chi connectivity index (χ2n) is 4.77. The predicted octanol–water partition coefficient (Wildman–Crippen LogP) is 1.38. The number of hydrogen-bond donors (Lipinski definition) is 1. The normalized spacial score (nSPS) is 19.0. The topological polar surface area (TPSA) is 69.0 Å². The molecule has 0 radical (unpaired) electrons. The Hall–Kier alpha value is -1.08. The minimum atomic E-state index is -0.254. The highest BCUT2D eigenvalue weighted by atomic mass is 32.2. The van der Waals surface area contributed by atoms with Crippen LogP contribution in [0.1, 0.15) is 32.0 Å². The zero-order valence-corrected chi connectivity index (χ0v) is 12.9. The Labute approximate surface area is 123 Å². The van der Waals surface area contributed by atoms with Crippen LogP contribution < -0.4 is 5.32 Å². The Balaban J connectivity index is 1.69. The van der Waals surface area contributed by atoms with Gasteiger partial charge in [-0.3, -0.25) is 4.79 Å². The van der Waals surface area contributed by atoms with E-state index < -0.39 is 0 Å². The standard InChI is InChI=1S/C13H22N4O2S/c1-3-17-10(2)15-16-13(17)20-9-7-14-12(18)11-6-4-5-8-19-11/h11H,3-9H2,1-2H3,(H,14,18)/t11-/m1/s1. The van der Waals surface area contributed by atoms with Crippen molar-refractivity contribution in [1.82, 2.24) is 20.1 Å². The lowest BCUT2D eigenvalue weighted by atomic mass is 10.1. The molecule has 1 aliphatic rings. The third kappa shape index (κ3) is 3.96. The van der Waals surface area contributed by atoms with E-state index in [1.807, 2.05) is 6.92 Å². The van der Waals surface area contributed by atoms with Crippen LogP contribution in [0.2, 0.25) is 0 Å². The van der Waals surface area contributed by atoms with Gasteiger partial charge in [-0.2, -0.15) is 0 Å². The van der Waals surface area contributed by atoms with Gasteiger partial charge in [-0.05, 0) is 33.1 Å². The van der Waals surface area contributed by atoms with Crippen LogP contribution >= 0.6 is 11.8 Å². The third-order valence-corrected chi connectivity index (χ3v) is 4.29. The molecule has 0 aliphatic carbocycles. The fourth-order valence-electron chi connectivity index (χ4n) is 2.21. The van der Waals surface area contributed by atoms with E-state index in [0.717, 1.165) is 42.5 Å². The molecule has 1 aliphatic heterocycles. The zero-order chi connectivity index (χ0) is 14.4. The SMILES string of the molecule is CCn1c(C)nnc1SCCNC(=O)[C@H]1CCCCO1. The molecule has 0 bridgehead atoms. The fourth-order valence-corrected chi connectivity index (χ4v) is 3.11. The van der Waals surface area contributed by atoms with Crippen LogP contribution in [0.4, 0.5) is 0 Å². The second-order valence-corrected chi connectivity index (χ2v) is 5.83. The molecule has 1 atom stereocenters. The van der Waals surface area contributed by atoms with Crippen molar-refractivity contribution in [3.05, 3.63) is 5.82 Å². The zero-order valence-electron chi connectivity index (χ0n) is 12.1.